The smallest absolute Gasteiger partial charge is 0.132 e. The number of hydrogen-bond acceptors (Lipinski definition) is 3. The van der Waals surface area contributed by atoms with Crippen molar-refractivity contribution in [1.29, 1.82) is 0 Å². The highest BCUT2D eigenvalue weighted by Gasteiger charge is 2.52. The van der Waals surface area contributed by atoms with Crippen LogP contribution in [0.15, 0.2) is 285 Å². The first-order valence-electron chi connectivity index (χ1n) is 26.6. The molecule has 3 heteroatoms. The Balaban J connectivity index is 0.883. The second kappa shape index (κ2) is 16.8. The maximum absolute atomic E-state index is 6.72. The molecule has 3 nitrogen and oxygen atoms in total. The minimum Gasteiger partial charge on any atom is -0.457 e. The van der Waals surface area contributed by atoms with Gasteiger partial charge in [-0.25, -0.2) is 0 Å². The number of benzene rings is 12. The van der Waals surface area contributed by atoms with Crippen LogP contribution in [0.4, 0.5) is 17.1 Å². The highest BCUT2D eigenvalue weighted by atomic mass is 16.5. The lowest BCUT2D eigenvalue weighted by Gasteiger charge is -2.39. The number of ether oxygens (including phenoxy) is 2. The van der Waals surface area contributed by atoms with Gasteiger partial charge in [0.25, 0.3) is 0 Å². The molecule has 0 saturated carbocycles. The summed E-state index contributed by atoms with van der Waals surface area (Å²) in [4.78, 5) is 2.44. The van der Waals surface area contributed by atoms with Gasteiger partial charge in [0.05, 0.1) is 16.5 Å². The fraction of sp³-hybridized carbons (Fsp3) is 0.0270. The Hall–Kier alpha value is -9.96. The van der Waals surface area contributed by atoms with Crippen molar-refractivity contribution in [3.8, 4) is 78.6 Å². The molecule has 0 atom stereocenters. The molecular formula is C74H47NO2. The van der Waals surface area contributed by atoms with Crippen LogP contribution >= 0.6 is 0 Å². The Bertz CT molecular complexity index is 4270. The van der Waals surface area contributed by atoms with Crippen LogP contribution < -0.4 is 14.4 Å². The highest BCUT2D eigenvalue weighted by molar-refractivity contribution is 5.95. The van der Waals surface area contributed by atoms with E-state index < -0.39 is 10.8 Å². The van der Waals surface area contributed by atoms with E-state index in [9.17, 15) is 0 Å². The van der Waals surface area contributed by atoms with E-state index in [4.69, 9.17) is 9.47 Å². The van der Waals surface area contributed by atoms with E-state index in [-0.39, 0.29) is 0 Å². The lowest BCUT2D eigenvalue weighted by molar-refractivity contribution is 0.436. The molecule has 12 aromatic rings. The van der Waals surface area contributed by atoms with E-state index in [0.29, 0.717) is 0 Å². The minimum atomic E-state index is -0.589. The average molecular weight is 982 g/mol. The molecule has 0 fully saturated rings. The third-order valence-electron chi connectivity index (χ3n) is 16.8. The van der Waals surface area contributed by atoms with Crippen molar-refractivity contribution >= 4 is 17.1 Å². The van der Waals surface area contributed by atoms with Gasteiger partial charge in [-0.2, -0.15) is 0 Å². The molecule has 12 aromatic carbocycles. The Morgan fingerprint density at radius 2 is 0.597 bits per heavy atom. The van der Waals surface area contributed by atoms with Gasteiger partial charge < -0.3 is 14.4 Å². The van der Waals surface area contributed by atoms with Crippen molar-refractivity contribution in [2.45, 2.75) is 10.8 Å². The Morgan fingerprint density at radius 1 is 0.221 bits per heavy atom. The summed E-state index contributed by atoms with van der Waals surface area (Å²) in [6, 6.07) is 104. The van der Waals surface area contributed by atoms with Gasteiger partial charge in [0.15, 0.2) is 0 Å². The van der Waals surface area contributed by atoms with Crippen molar-refractivity contribution in [1.82, 2.24) is 0 Å². The topological polar surface area (TPSA) is 21.7 Å². The number of rotatable bonds is 6. The van der Waals surface area contributed by atoms with Crippen molar-refractivity contribution in [3.05, 3.63) is 330 Å². The predicted molar refractivity (Wildman–Crippen MR) is 312 cm³/mol. The van der Waals surface area contributed by atoms with Gasteiger partial charge in [-0.3, -0.25) is 0 Å². The highest BCUT2D eigenvalue weighted by Crippen LogP contribution is 2.64. The SMILES string of the molecule is c1ccc(-c2ccc(N(c3cccc(-c4ccc5c(c4)C4(c6ccccc6Oc6ccccc64)c4ccccc4-5)c3)c3ccccc3-c3ccc4c(c3)C3(c5ccccc5Oc5ccccc53)c3ccccc3-4)cc2)cc1. The molecule has 0 saturated heterocycles. The maximum Gasteiger partial charge on any atom is 0.132 e. The van der Waals surface area contributed by atoms with Crippen molar-refractivity contribution < 1.29 is 9.47 Å². The number of fused-ring (bicyclic) bond motifs is 18. The van der Waals surface area contributed by atoms with Gasteiger partial charge in [0.2, 0.25) is 0 Å². The average Bonchev–Trinajstić information content (AvgIpc) is 4.06. The lowest BCUT2D eigenvalue weighted by atomic mass is 9.66. The summed E-state index contributed by atoms with van der Waals surface area (Å²) in [7, 11) is 0. The van der Waals surface area contributed by atoms with Crippen molar-refractivity contribution in [2.75, 3.05) is 4.90 Å². The third-order valence-corrected chi connectivity index (χ3v) is 16.8. The van der Waals surface area contributed by atoms with Gasteiger partial charge in [0.1, 0.15) is 23.0 Å². The number of anilines is 3. The molecular weight excluding hydrogens is 935 g/mol. The normalized spacial score (nSPS) is 13.9. The van der Waals surface area contributed by atoms with Gasteiger partial charge >= 0.3 is 0 Å². The summed E-state index contributed by atoms with van der Waals surface area (Å²) in [6.07, 6.45) is 0. The van der Waals surface area contributed by atoms with Crippen LogP contribution in [0.5, 0.6) is 23.0 Å². The second-order valence-electron chi connectivity index (χ2n) is 20.6. The summed E-state index contributed by atoms with van der Waals surface area (Å²) < 4.78 is 13.4. The van der Waals surface area contributed by atoms with E-state index in [1.165, 1.54) is 55.6 Å². The molecule has 2 spiro atoms. The van der Waals surface area contributed by atoms with Crippen molar-refractivity contribution in [3.63, 3.8) is 0 Å². The molecule has 0 radical (unpaired) electrons. The molecule has 16 rings (SSSR count). The lowest BCUT2D eigenvalue weighted by Crippen LogP contribution is -2.32. The summed E-state index contributed by atoms with van der Waals surface area (Å²) in [5.41, 5.74) is 23.6. The molecule has 77 heavy (non-hydrogen) atoms. The van der Waals surface area contributed by atoms with Crippen LogP contribution in [0.1, 0.15) is 44.5 Å². The van der Waals surface area contributed by atoms with Gasteiger partial charge in [-0.05, 0) is 139 Å². The molecule has 360 valence electrons. The zero-order valence-electron chi connectivity index (χ0n) is 41.9. The maximum atomic E-state index is 6.72. The standard InChI is InChI=1S/C74H47NO2/c1-2-19-48(20-3-1)49-37-41-53(42-38-49)75(54-22-18-21-50(45-54)51-39-43-58-56-24-4-7-26-60(56)73(66(58)46-51)62-28-9-14-33-69(62)76-70-34-15-10-29-63(70)73)68-32-13-6-23-55(68)52-40-44-59-57-25-5-8-27-61(57)74(67(59)47-52)64-30-11-16-35-71(64)77-72-36-17-12-31-65(72)74/h1-47H. The van der Waals surface area contributed by atoms with Crippen LogP contribution in [-0.2, 0) is 10.8 Å². The first-order chi connectivity index (χ1) is 38.2. The van der Waals surface area contributed by atoms with Crippen LogP contribution in [0, 0.1) is 0 Å². The summed E-state index contributed by atoms with van der Waals surface area (Å²) in [6.45, 7) is 0. The van der Waals surface area contributed by atoms with E-state index >= 15 is 0 Å². The summed E-state index contributed by atoms with van der Waals surface area (Å²) in [5, 5.41) is 0. The second-order valence-corrected chi connectivity index (χ2v) is 20.6. The molecule has 0 aromatic heterocycles. The van der Waals surface area contributed by atoms with Crippen LogP contribution in [-0.4, -0.2) is 0 Å². The Kier molecular flexibility index (Phi) is 9.47. The zero-order valence-corrected chi connectivity index (χ0v) is 41.9. The molecule has 0 bridgehead atoms. The monoisotopic (exact) mass is 981 g/mol. The first kappa shape index (κ1) is 43.4. The van der Waals surface area contributed by atoms with Crippen LogP contribution in [0.3, 0.4) is 0 Å². The zero-order chi connectivity index (χ0) is 50.7. The summed E-state index contributed by atoms with van der Waals surface area (Å²) >= 11 is 0. The molecule has 0 unspecified atom stereocenters. The van der Waals surface area contributed by atoms with E-state index in [0.717, 1.165) is 84.6 Å². The first-order valence-corrected chi connectivity index (χ1v) is 26.6. The molecule has 2 aliphatic heterocycles. The quantitative estimate of drug-likeness (QED) is 0.166. The molecule has 0 N–H and O–H groups in total. The van der Waals surface area contributed by atoms with E-state index in [2.05, 4.69) is 290 Å². The van der Waals surface area contributed by atoms with Crippen molar-refractivity contribution in [2.24, 2.45) is 0 Å². The fourth-order valence-corrected chi connectivity index (χ4v) is 13.7. The van der Waals surface area contributed by atoms with Gasteiger partial charge in [0, 0.05) is 39.2 Å². The third kappa shape index (κ3) is 6.20. The van der Waals surface area contributed by atoms with Gasteiger partial charge in [-0.15, -0.1) is 0 Å². The Labute approximate surface area is 448 Å². The molecule has 2 aliphatic carbocycles. The van der Waals surface area contributed by atoms with E-state index in [1.54, 1.807) is 0 Å². The van der Waals surface area contributed by atoms with Gasteiger partial charge in [-0.1, -0.05) is 218 Å². The minimum absolute atomic E-state index is 0.568. The number of hydrogen-bond donors (Lipinski definition) is 0. The molecule has 2 heterocycles. The number of nitrogens with zero attached hydrogens (tertiary/aromatic N) is 1. The van der Waals surface area contributed by atoms with Crippen LogP contribution in [0.25, 0.3) is 55.6 Å². The molecule has 4 aliphatic rings. The van der Waals surface area contributed by atoms with Crippen LogP contribution in [0.2, 0.25) is 0 Å². The predicted octanol–water partition coefficient (Wildman–Crippen LogP) is 19.1. The number of para-hydroxylation sites is 5. The Morgan fingerprint density at radius 3 is 1.14 bits per heavy atom. The summed E-state index contributed by atoms with van der Waals surface area (Å²) in [5.74, 6) is 3.55. The fourth-order valence-electron chi connectivity index (χ4n) is 13.7. The largest absolute Gasteiger partial charge is 0.457 e. The molecule has 0 amide bonds. The van der Waals surface area contributed by atoms with E-state index in [1.807, 2.05) is 0 Å².